The molecule has 1 aliphatic heterocycles. The molecule has 1 aliphatic rings. The minimum absolute atomic E-state index is 0.192. The van der Waals surface area contributed by atoms with Crippen molar-refractivity contribution in [1.82, 2.24) is 0 Å². The zero-order valence-corrected chi connectivity index (χ0v) is 19.6. The molecule has 0 amide bonds. The van der Waals surface area contributed by atoms with Crippen molar-refractivity contribution >= 4 is 17.9 Å². The van der Waals surface area contributed by atoms with E-state index in [9.17, 15) is 4.79 Å². The summed E-state index contributed by atoms with van der Waals surface area (Å²) in [7, 11) is 4.63. The van der Waals surface area contributed by atoms with E-state index in [4.69, 9.17) is 23.7 Å². The van der Waals surface area contributed by atoms with Gasteiger partial charge in [0.15, 0.2) is 17.3 Å². The summed E-state index contributed by atoms with van der Waals surface area (Å²) in [4.78, 5) is 13.0. The average molecular weight is 459 g/mol. The van der Waals surface area contributed by atoms with Crippen molar-refractivity contribution in [2.24, 2.45) is 0 Å². The molecule has 0 saturated heterocycles. The van der Waals surface area contributed by atoms with E-state index in [-0.39, 0.29) is 11.5 Å². The second-order valence-electron chi connectivity index (χ2n) is 7.59. The van der Waals surface area contributed by atoms with Crippen molar-refractivity contribution in [3.63, 3.8) is 0 Å². The quantitative estimate of drug-likeness (QED) is 0.402. The van der Waals surface area contributed by atoms with Crippen LogP contribution >= 0.6 is 0 Å². The van der Waals surface area contributed by atoms with Crippen molar-refractivity contribution in [3.05, 3.63) is 88.7 Å². The fourth-order valence-corrected chi connectivity index (χ4v) is 3.75. The Morgan fingerprint density at radius 3 is 2.21 bits per heavy atom. The molecule has 0 saturated carbocycles. The molecule has 0 unspecified atom stereocenters. The van der Waals surface area contributed by atoms with Crippen LogP contribution in [0.4, 0.5) is 0 Å². The lowest BCUT2D eigenvalue weighted by molar-refractivity contribution is 0.101. The van der Waals surface area contributed by atoms with Crippen LogP contribution in [-0.4, -0.2) is 33.7 Å². The van der Waals surface area contributed by atoms with Crippen LogP contribution in [0.15, 0.2) is 66.4 Å². The molecule has 4 rings (SSSR count). The van der Waals surface area contributed by atoms with Gasteiger partial charge in [-0.15, -0.1) is 0 Å². The highest BCUT2D eigenvalue weighted by molar-refractivity contribution is 6.15. The Bertz CT molecular complexity index is 1230. The van der Waals surface area contributed by atoms with E-state index in [0.717, 1.165) is 11.1 Å². The Morgan fingerprint density at radius 2 is 1.56 bits per heavy atom. The number of carbonyl (C=O) groups excluding carboxylic acids is 1. The Hall–Kier alpha value is -4.19. The predicted octanol–water partition coefficient (Wildman–Crippen LogP) is 5.73. The first-order chi connectivity index (χ1) is 16.5. The number of hydrogen-bond acceptors (Lipinski definition) is 6. The summed E-state index contributed by atoms with van der Waals surface area (Å²) >= 11 is 0. The summed E-state index contributed by atoms with van der Waals surface area (Å²) in [5, 5.41) is 0. The van der Waals surface area contributed by atoms with Crippen LogP contribution in [0, 0.1) is 6.92 Å². The number of ether oxygens (including phenoxy) is 5. The van der Waals surface area contributed by atoms with Crippen molar-refractivity contribution < 1.29 is 28.5 Å². The van der Waals surface area contributed by atoms with Gasteiger partial charge >= 0.3 is 0 Å². The zero-order valence-electron chi connectivity index (χ0n) is 19.6. The van der Waals surface area contributed by atoms with Crippen LogP contribution in [0.3, 0.4) is 0 Å². The van der Waals surface area contributed by atoms with E-state index in [1.807, 2.05) is 49.4 Å². The van der Waals surface area contributed by atoms with E-state index < -0.39 is 0 Å². The first-order valence-electron chi connectivity index (χ1n) is 10.8. The lowest BCUT2D eigenvalue weighted by atomic mass is 10.1. The zero-order chi connectivity index (χ0) is 24.1. The largest absolute Gasteiger partial charge is 0.493 e. The van der Waals surface area contributed by atoms with E-state index in [2.05, 4.69) is 0 Å². The molecule has 3 aromatic carbocycles. The SMILES string of the molecule is COc1cc(/C=C2\Oc3c(ccc(OC/C=C/c4ccccc4)c3C)C2=O)cc(OC)c1OC. The molecule has 0 atom stereocenters. The average Bonchev–Trinajstić information content (AvgIpc) is 3.18. The second-order valence-corrected chi connectivity index (χ2v) is 7.59. The van der Waals surface area contributed by atoms with Crippen LogP contribution in [0.5, 0.6) is 28.7 Å². The van der Waals surface area contributed by atoms with E-state index in [1.165, 1.54) is 0 Å². The lowest BCUT2D eigenvalue weighted by Crippen LogP contribution is -1.99. The summed E-state index contributed by atoms with van der Waals surface area (Å²) in [6.07, 6.45) is 5.61. The highest BCUT2D eigenvalue weighted by Crippen LogP contribution is 2.41. The van der Waals surface area contributed by atoms with Gasteiger partial charge < -0.3 is 23.7 Å². The Morgan fingerprint density at radius 1 is 0.853 bits per heavy atom. The third kappa shape index (κ3) is 4.62. The minimum atomic E-state index is -0.192. The fraction of sp³-hybridized carbons (Fsp3) is 0.179. The molecule has 0 N–H and O–H groups in total. The minimum Gasteiger partial charge on any atom is -0.493 e. The molecular weight excluding hydrogens is 432 g/mol. The summed E-state index contributed by atoms with van der Waals surface area (Å²) in [6, 6.07) is 17.1. The first kappa shape index (κ1) is 23.0. The van der Waals surface area contributed by atoms with Crippen LogP contribution < -0.4 is 23.7 Å². The lowest BCUT2D eigenvalue weighted by Gasteiger charge is -2.13. The fourth-order valence-electron chi connectivity index (χ4n) is 3.75. The maximum atomic E-state index is 13.0. The van der Waals surface area contributed by atoms with E-state index in [1.54, 1.807) is 51.7 Å². The number of allylic oxidation sites excluding steroid dienone is 1. The highest BCUT2D eigenvalue weighted by atomic mass is 16.5. The number of rotatable bonds is 8. The van der Waals surface area contributed by atoms with Gasteiger partial charge in [0.2, 0.25) is 11.5 Å². The van der Waals surface area contributed by atoms with Crippen LogP contribution in [-0.2, 0) is 0 Å². The van der Waals surface area contributed by atoms with Crippen LogP contribution in [0.1, 0.15) is 27.0 Å². The number of Topliss-reactive ketones (excluding diaryl/α,β-unsaturated/α-hetero) is 1. The molecule has 0 radical (unpaired) electrons. The number of methoxy groups -OCH3 is 3. The van der Waals surface area contributed by atoms with Crippen LogP contribution in [0.25, 0.3) is 12.2 Å². The number of benzene rings is 3. The summed E-state index contributed by atoms with van der Waals surface area (Å²) in [5.74, 6) is 2.66. The second kappa shape index (κ2) is 10.2. The van der Waals surface area contributed by atoms with E-state index >= 15 is 0 Å². The van der Waals surface area contributed by atoms with Gasteiger partial charge in [-0.1, -0.05) is 36.4 Å². The van der Waals surface area contributed by atoms with Gasteiger partial charge in [0.25, 0.3) is 0 Å². The monoisotopic (exact) mass is 458 g/mol. The highest BCUT2D eigenvalue weighted by Gasteiger charge is 2.30. The molecule has 0 aliphatic carbocycles. The third-order valence-corrected chi connectivity index (χ3v) is 5.47. The van der Waals surface area contributed by atoms with Gasteiger partial charge in [-0.3, -0.25) is 4.79 Å². The molecule has 3 aromatic rings. The normalized spacial score (nSPS) is 13.6. The molecule has 0 spiro atoms. The molecule has 1 heterocycles. The maximum absolute atomic E-state index is 13.0. The number of ketones is 1. The predicted molar refractivity (Wildman–Crippen MR) is 131 cm³/mol. The summed E-state index contributed by atoms with van der Waals surface area (Å²) in [6.45, 7) is 2.28. The van der Waals surface area contributed by atoms with Crippen molar-refractivity contribution in [1.29, 1.82) is 0 Å². The topological polar surface area (TPSA) is 63.2 Å². The number of carbonyl (C=O) groups is 1. The van der Waals surface area contributed by atoms with Crippen LogP contribution in [0.2, 0.25) is 0 Å². The summed E-state index contributed by atoms with van der Waals surface area (Å²) < 4.78 is 28.1. The molecule has 6 nitrogen and oxygen atoms in total. The molecule has 0 fully saturated rings. The molecule has 34 heavy (non-hydrogen) atoms. The Kier molecular flexibility index (Phi) is 6.87. The van der Waals surface area contributed by atoms with Gasteiger partial charge in [0.05, 0.1) is 26.9 Å². The molecular formula is C28H26O6. The first-order valence-corrected chi connectivity index (χ1v) is 10.8. The molecule has 0 aromatic heterocycles. The van der Waals surface area contributed by atoms with Gasteiger partial charge in [-0.05, 0) is 54.5 Å². The maximum Gasteiger partial charge on any atom is 0.231 e. The Labute approximate surface area is 199 Å². The van der Waals surface area contributed by atoms with E-state index in [0.29, 0.717) is 46.5 Å². The summed E-state index contributed by atoms with van der Waals surface area (Å²) in [5.41, 5.74) is 3.06. The number of fused-ring (bicyclic) bond motifs is 1. The molecule has 174 valence electrons. The smallest absolute Gasteiger partial charge is 0.231 e. The number of hydrogen-bond donors (Lipinski definition) is 0. The standard InChI is InChI=1S/C28H26O6/c1-18-22(33-14-8-11-19-9-6-5-7-10-19)13-12-21-26(29)23(34-27(18)21)15-20-16-24(30-2)28(32-4)25(17-20)31-3/h5-13,15-17H,14H2,1-4H3/b11-8+,23-15-. The van der Waals surface area contributed by atoms with Gasteiger partial charge in [-0.2, -0.15) is 0 Å². The van der Waals surface area contributed by atoms with Gasteiger partial charge in [0, 0.05) is 5.56 Å². The third-order valence-electron chi connectivity index (χ3n) is 5.47. The van der Waals surface area contributed by atoms with Gasteiger partial charge in [0.1, 0.15) is 18.1 Å². The van der Waals surface area contributed by atoms with Gasteiger partial charge in [-0.25, -0.2) is 0 Å². The molecule has 6 heteroatoms. The Balaban J connectivity index is 1.54. The van der Waals surface area contributed by atoms with Crippen molar-refractivity contribution in [2.45, 2.75) is 6.92 Å². The van der Waals surface area contributed by atoms with Crippen molar-refractivity contribution in [2.75, 3.05) is 27.9 Å². The van der Waals surface area contributed by atoms with Crippen molar-refractivity contribution in [3.8, 4) is 28.7 Å². The molecule has 0 bridgehead atoms.